The van der Waals surface area contributed by atoms with Crippen molar-refractivity contribution in [3.05, 3.63) is 35.7 Å². The molecule has 22 heavy (non-hydrogen) atoms. The zero-order chi connectivity index (χ0) is 15.9. The van der Waals surface area contributed by atoms with Gasteiger partial charge in [-0.3, -0.25) is 9.78 Å². The summed E-state index contributed by atoms with van der Waals surface area (Å²) < 4.78 is 11.4. The zero-order valence-electron chi connectivity index (χ0n) is 13.5. The number of pyridine rings is 1. The molecule has 1 aromatic heterocycles. The average molecular weight is 304 g/mol. The number of morpholine rings is 1. The maximum Gasteiger partial charge on any atom is 0.249 e. The summed E-state index contributed by atoms with van der Waals surface area (Å²) >= 11 is 0. The number of rotatable bonds is 5. The highest BCUT2D eigenvalue weighted by Crippen LogP contribution is 2.13. The van der Waals surface area contributed by atoms with Gasteiger partial charge in [0.25, 0.3) is 0 Å². The predicted molar refractivity (Wildman–Crippen MR) is 84.8 cm³/mol. The molecule has 0 radical (unpaired) electrons. The highest BCUT2D eigenvalue weighted by Gasteiger charge is 2.25. The molecule has 5 heteroatoms. The van der Waals surface area contributed by atoms with Crippen molar-refractivity contribution in [2.24, 2.45) is 0 Å². The van der Waals surface area contributed by atoms with Crippen molar-refractivity contribution >= 4 is 5.91 Å². The minimum Gasteiger partial charge on any atom is -0.489 e. The Morgan fingerprint density at radius 1 is 1.55 bits per heavy atom. The Balaban J connectivity index is 1.86. The molecule has 1 atom stereocenters. The van der Waals surface area contributed by atoms with Gasteiger partial charge in [0, 0.05) is 17.8 Å². The summed E-state index contributed by atoms with van der Waals surface area (Å²) in [5.41, 5.74) is 1.75. The Labute approximate surface area is 131 Å². The van der Waals surface area contributed by atoms with E-state index in [1.807, 2.05) is 43.9 Å². The molecule has 120 valence electrons. The van der Waals surface area contributed by atoms with Crippen LogP contribution in [0.4, 0.5) is 0 Å². The molecule has 1 saturated heterocycles. The molecule has 1 aliphatic heterocycles. The molecule has 0 aromatic carbocycles. The van der Waals surface area contributed by atoms with Crippen molar-refractivity contribution < 1.29 is 14.3 Å². The van der Waals surface area contributed by atoms with Gasteiger partial charge >= 0.3 is 0 Å². The minimum absolute atomic E-state index is 0.0900. The maximum absolute atomic E-state index is 12.3. The number of allylic oxidation sites excluding steroid dienone is 1. The van der Waals surface area contributed by atoms with Gasteiger partial charge in [-0.1, -0.05) is 13.0 Å². The summed E-state index contributed by atoms with van der Waals surface area (Å²) in [6.45, 7) is 8.00. The lowest BCUT2D eigenvalue weighted by Gasteiger charge is -2.33. The number of ether oxygens (including phenoxy) is 2. The second-order valence-electron chi connectivity index (χ2n) is 5.49. The standard InChI is InChI=1S/C17H24N2O3/c1-4-5-13(2)17(20)19-8-9-21-16(11-19)12-22-15-7-6-14(3)18-10-15/h5-7,10,16H,4,8-9,11-12H2,1-3H3/b13-5+. The van der Waals surface area contributed by atoms with E-state index in [1.54, 1.807) is 6.20 Å². The summed E-state index contributed by atoms with van der Waals surface area (Å²) in [4.78, 5) is 18.3. The number of carbonyl (C=O) groups is 1. The Bertz CT molecular complexity index is 525. The van der Waals surface area contributed by atoms with Gasteiger partial charge in [-0.25, -0.2) is 0 Å². The molecule has 5 nitrogen and oxygen atoms in total. The van der Waals surface area contributed by atoms with E-state index < -0.39 is 0 Å². The summed E-state index contributed by atoms with van der Waals surface area (Å²) in [5.74, 6) is 0.812. The molecule has 2 heterocycles. The molecule has 1 amide bonds. The maximum atomic E-state index is 12.3. The van der Waals surface area contributed by atoms with Crippen LogP contribution in [0.2, 0.25) is 0 Å². The lowest BCUT2D eigenvalue weighted by atomic mass is 10.2. The molecule has 1 aromatic rings. The number of hydrogen-bond acceptors (Lipinski definition) is 4. The van der Waals surface area contributed by atoms with Gasteiger partial charge in [-0.15, -0.1) is 0 Å². The monoisotopic (exact) mass is 304 g/mol. The van der Waals surface area contributed by atoms with Gasteiger partial charge in [-0.05, 0) is 32.4 Å². The van der Waals surface area contributed by atoms with Gasteiger partial charge in [0.1, 0.15) is 18.5 Å². The summed E-state index contributed by atoms with van der Waals surface area (Å²) in [6, 6.07) is 3.80. The fraction of sp³-hybridized carbons (Fsp3) is 0.529. The topological polar surface area (TPSA) is 51.7 Å². The van der Waals surface area contributed by atoms with E-state index in [1.165, 1.54) is 0 Å². The van der Waals surface area contributed by atoms with Crippen molar-refractivity contribution in [1.82, 2.24) is 9.88 Å². The van der Waals surface area contributed by atoms with E-state index in [2.05, 4.69) is 4.98 Å². The lowest BCUT2D eigenvalue weighted by molar-refractivity contribution is -0.135. The summed E-state index contributed by atoms with van der Waals surface area (Å²) in [6.07, 6.45) is 4.43. The molecular formula is C17H24N2O3. The zero-order valence-corrected chi connectivity index (χ0v) is 13.5. The van der Waals surface area contributed by atoms with Crippen molar-refractivity contribution in [2.45, 2.75) is 33.3 Å². The first kappa shape index (κ1) is 16.5. The largest absolute Gasteiger partial charge is 0.489 e. The molecule has 0 saturated carbocycles. The molecule has 1 unspecified atom stereocenters. The van der Waals surface area contributed by atoms with E-state index in [4.69, 9.17) is 9.47 Å². The van der Waals surface area contributed by atoms with Crippen LogP contribution in [-0.2, 0) is 9.53 Å². The smallest absolute Gasteiger partial charge is 0.249 e. The molecule has 0 spiro atoms. The average Bonchev–Trinajstić information content (AvgIpc) is 2.54. The predicted octanol–water partition coefficient (Wildman–Crippen LogP) is 2.35. The van der Waals surface area contributed by atoms with Crippen LogP contribution in [0.15, 0.2) is 30.0 Å². The third-order valence-electron chi connectivity index (χ3n) is 3.59. The number of amides is 1. The van der Waals surface area contributed by atoms with Crippen LogP contribution < -0.4 is 4.74 Å². The number of nitrogens with zero attached hydrogens (tertiary/aromatic N) is 2. The molecule has 0 N–H and O–H groups in total. The van der Waals surface area contributed by atoms with E-state index in [-0.39, 0.29) is 12.0 Å². The van der Waals surface area contributed by atoms with Crippen molar-refractivity contribution in [3.8, 4) is 5.75 Å². The molecule has 1 fully saturated rings. The third-order valence-corrected chi connectivity index (χ3v) is 3.59. The van der Waals surface area contributed by atoms with Gasteiger partial charge < -0.3 is 14.4 Å². The molecular weight excluding hydrogens is 280 g/mol. The number of hydrogen-bond donors (Lipinski definition) is 0. The number of aromatic nitrogens is 1. The fourth-order valence-corrected chi connectivity index (χ4v) is 2.38. The summed E-state index contributed by atoms with van der Waals surface area (Å²) in [7, 11) is 0. The van der Waals surface area contributed by atoms with Gasteiger partial charge in [-0.2, -0.15) is 0 Å². The molecule has 0 aliphatic carbocycles. The van der Waals surface area contributed by atoms with Gasteiger partial charge in [0.15, 0.2) is 0 Å². The third kappa shape index (κ3) is 4.56. The van der Waals surface area contributed by atoms with E-state index in [0.717, 1.165) is 23.4 Å². The highest BCUT2D eigenvalue weighted by atomic mass is 16.5. The van der Waals surface area contributed by atoms with Crippen molar-refractivity contribution in [1.29, 1.82) is 0 Å². The first-order chi connectivity index (χ1) is 10.6. The highest BCUT2D eigenvalue weighted by molar-refractivity contribution is 5.92. The van der Waals surface area contributed by atoms with E-state index >= 15 is 0 Å². The quantitative estimate of drug-likeness (QED) is 0.784. The number of aryl methyl sites for hydroxylation is 1. The van der Waals surface area contributed by atoms with Crippen LogP contribution in [0, 0.1) is 6.92 Å². The molecule has 2 rings (SSSR count). The van der Waals surface area contributed by atoms with Crippen LogP contribution in [0.1, 0.15) is 26.0 Å². The number of carbonyl (C=O) groups excluding carboxylic acids is 1. The SMILES string of the molecule is CC/C=C(\C)C(=O)N1CCOC(COc2ccc(C)nc2)C1. The molecule has 0 bridgehead atoms. The van der Waals surface area contributed by atoms with Crippen LogP contribution in [0.25, 0.3) is 0 Å². The van der Waals surface area contributed by atoms with E-state index in [0.29, 0.717) is 26.3 Å². The van der Waals surface area contributed by atoms with Crippen LogP contribution >= 0.6 is 0 Å². The Morgan fingerprint density at radius 3 is 3.05 bits per heavy atom. The van der Waals surface area contributed by atoms with E-state index in [9.17, 15) is 4.79 Å². The van der Waals surface area contributed by atoms with Gasteiger partial charge in [0.05, 0.1) is 19.3 Å². The van der Waals surface area contributed by atoms with Crippen LogP contribution in [0.3, 0.4) is 0 Å². The summed E-state index contributed by atoms with van der Waals surface area (Å²) in [5, 5.41) is 0. The van der Waals surface area contributed by atoms with Crippen molar-refractivity contribution in [3.63, 3.8) is 0 Å². The van der Waals surface area contributed by atoms with Gasteiger partial charge in [0.2, 0.25) is 5.91 Å². The lowest BCUT2D eigenvalue weighted by Crippen LogP contribution is -2.47. The Hall–Kier alpha value is -1.88. The normalized spacial score (nSPS) is 19.1. The van der Waals surface area contributed by atoms with Crippen LogP contribution in [0.5, 0.6) is 5.75 Å². The first-order valence-corrected chi connectivity index (χ1v) is 7.73. The fourth-order valence-electron chi connectivity index (χ4n) is 2.38. The Morgan fingerprint density at radius 2 is 2.36 bits per heavy atom. The Kier molecular flexibility index (Phi) is 5.95. The van der Waals surface area contributed by atoms with Crippen LogP contribution in [-0.4, -0.2) is 48.2 Å². The minimum atomic E-state index is -0.103. The second-order valence-corrected chi connectivity index (χ2v) is 5.49. The second kappa shape index (κ2) is 7.94. The molecule has 1 aliphatic rings. The van der Waals surface area contributed by atoms with Crippen molar-refractivity contribution in [2.75, 3.05) is 26.3 Å². The first-order valence-electron chi connectivity index (χ1n) is 7.73.